The van der Waals surface area contributed by atoms with Crippen LogP contribution in [0.1, 0.15) is 32.6 Å². The average Bonchev–Trinajstić information content (AvgIpc) is 3.10. The van der Waals surface area contributed by atoms with Crippen LogP contribution in [0, 0.1) is 5.92 Å². The lowest BCUT2D eigenvalue weighted by Crippen LogP contribution is -2.64. The van der Waals surface area contributed by atoms with Gasteiger partial charge in [-0.1, -0.05) is 19.0 Å². The van der Waals surface area contributed by atoms with E-state index in [0.717, 1.165) is 12.8 Å². The van der Waals surface area contributed by atoms with E-state index < -0.39 is 0 Å². The second-order valence-electron chi connectivity index (χ2n) is 6.00. The van der Waals surface area contributed by atoms with Crippen LogP contribution >= 0.6 is 0 Å². The van der Waals surface area contributed by atoms with Gasteiger partial charge in [0.25, 0.3) is 0 Å². The largest absolute Gasteiger partial charge is 0.340 e. The number of hydrogen-bond acceptors (Lipinski definition) is 5. The molecule has 21 heavy (non-hydrogen) atoms. The number of piperazine rings is 1. The van der Waals surface area contributed by atoms with Crippen molar-refractivity contribution in [2.24, 2.45) is 5.92 Å². The Morgan fingerprint density at radius 2 is 2.19 bits per heavy atom. The molecule has 3 rings (SSSR count). The van der Waals surface area contributed by atoms with Crippen molar-refractivity contribution in [2.45, 2.75) is 45.2 Å². The van der Waals surface area contributed by atoms with Gasteiger partial charge in [0.1, 0.15) is 12.1 Å². The van der Waals surface area contributed by atoms with Gasteiger partial charge in [0.05, 0.1) is 0 Å². The maximum absolute atomic E-state index is 12.7. The molecule has 0 aromatic carbocycles. The van der Waals surface area contributed by atoms with Gasteiger partial charge >= 0.3 is 0 Å². The second-order valence-corrected chi connectivity index (χ2v) is 6.00. The predicted octanol–water partition coefficient (Wildman–Crippen LogP) is 0.470. The summed E-state index contributed by atoms with van der Waals surface area (Å²) < 4.78 is 4.97. The first-order valence-corrected chi connectivity index (χ1v) is 7.46. The van der Waals surface area contributed by atoms with Crippen LogP contribution in [0.5, 0.6) is 0 Å². The Labute approximate surface area is 123 Å². The van der Waals surface area contributed by atoms with E-state index in [9.17, 15) is 9.59 Å². The Balaban J connectivity index is 1.80. The molecule has 2 amide bonds. The van der Waals surface area contributed by atoms with E-state index in [1.807, 2.05) is 13.8 Å². The zero-order valence-electron chi connectivity index (χ0n) is 12.4. The highest BCUT2D eigenvalue weighted by Gasteiger charge is 2.48. The lowest BCUT2D eigenvalue weighted by atomic mass is 9.95. The molecule has 2 fully saturated rings. The second kappa shape index (κ2) is 5.46. The van der Waals surface area contributed by atoms with Crippen LogP contribution in [0.4, 0.5) is 0 Å². The molecule has 0 radical (unpaired) electrons. The van der Waals surface area contributed by atoms with Crippen LogP contribution in [0.3, 0.4) is 0 Å². The van der Waals surface area contributed by atoms with E-state index >= 15 is 0 Å². The van der Waals surface area contributed by atoms with Gasteiger partial charge in [0.15, 0.2) is 6.33 Å². The molecule has 2 saturated heterocycles. The minimum Gasteiger partial charge on any atom is -0.340 e. The van der Waals surface area contributed by atoms with Crippen LogP contribution in [0.2, 0.25) is 0 Å². The van der Waals surface area contributed by atoms with Crippen LogP contribution < -0.4 is 0 Å². The number of amides is 2. The van der Waals surface area contributed by atoms with Crippen LogP contribution in [-0.4, -0.2) is 56.9 Å². The lowest BCUT2D eigenvalue weighted by Gasteiger charge is -2.43. The van der Waals surface area contributed by atoms with Crippen molar-refractivity contribution in [1.82, 2.24) is 19.9 Å². The summed E-state index contributed by atoms with van der Waals surface area (Å²) in [5.41, 5.74) is 0. The molecule has 1 aromatic heterocycles. The van der Waals surface area contributed by atoms with E-state index in [4.69, 9.17) is 4.52 Å². The molecular weight excluding hydrogens is 272 g/mol. The summed E-state index contributed by atoms with van der Waals surface area (Å²) in [6.45, 7) is 5.10. The number of aromatic nitrogens is 2. The minimum atomic E-state index is -0.380. The maximum atomic E-state index is 12.7. The SMILES string of the molecule is CC(C)C1C(=O)N2CCCC2C(=O)N1CCc1ncno1. The summed E-state index contributed by atoms with van der Waals surface area (Å²) in [6, 6.07) is -0.648. The van der Waals surface area contributed by atoms with Crippen molar-refractivity contribution < 1.29 is 14.1 Å². The highest BCUT2D eigenvalue weighted by atomic mass is 16.5. The third-order valence-corrected chi connectivity index (χ3v) is 4.30. The van der Waals surface area contributed by atoms with E-state index in [1.54, 1.807) is 9.80 Å². The first kappa shape index (κ1) is 14.0. The molecule has 3 heterocycles. The van der Waals surface area contributed by atoms with Crippen molar-refractivity contribution >= 4 is 11.8 Å². The van der Waals surface area contributed by atoms with E-state index in [1.165, 1.54) is 6.33 Å². The molecule has 0 spiro atoms. The first-order chi connectivity index (χ1) is 10.1. The monoisotopic (exact) mass is 292 g/mol. The number of fused-ring (bicyclic) bond motifs is 1. The van der Waals surface area contributed by atoms with Crippen molar-refractivity contribution in [3.63, 3.8) is 0 Å². The molecule has 7 nitrogen and oxygen atoms in total. The fourth-order valence-electron chi connectivity index (χ4n) is 3.34. The lowest BCUT2D eigenvalue weighted by molar-refractivity contribution is -0.161. The zero-order valence-corrected chi connectivity index (χ0v) is 12.4. The molecule has 1 aromatic rings. The van der Waals surface area contributed by atoms with Gasteiger partial charge in [0.2, 0.25) is 17.7 Å². The highest BCUT2D eigenvalue weighted by molar-refractivity contribution is 5.97. The fraction of sp³-hybridized carbons (Fsp3) is 0.714. The molecule has 0 aliphatic carbocycles. The predicted molar refractivity (Wildman–Crippen MR) is 73.1 cm³/mol. The van der Waals surface area contributed by atoms with Crippen LogP contribution in [0.25, 0.3) is 0 Å². The minimum absolute atomic E-state index is 0.0605. The third kappa shape index (κ3) is 2.41. The molecule has 114 valence electrons. The Bertz CT molecular complexity index is 528. The standard InChI is InChI=1S/C14H20N4O3/c1-9(2)12-14(20)17-6-3-4-10(17)13(19)18(12)7-5-11-15-8-16-21-11/h8-10,12H,3-7H2,1-2H3. The Kier molecular flexibility index (Phi) is 3.65. The molecule has 2 atom stereocenters. The van der Waals surface area contributed by atoms with Gasteiger partial charge in [-0.3, -0.25) is 9.59 Å². The number of hydrogen-bond donors (Lipinski definition) is 0. The number of carbonyl (C=O) groups is 2. The molecule has 0 N–H and O–H groups in total. The van der Waals surface area contributed by atoms with E-state index in [-0.39, 0.29) is 29.8 Å². The van der Waals surface area contributed by atoms with Gasteiger partial charge < -0.3 is 14.3 Å². The summed E-state index contributed by atoms with van der Waals surface area (Å²) in [6.07, 6.45) is 3.50. The molecule has 0 saturated carbocycles. The first-order valence-electron chi connectivity index (χ1n) is 7.46. The van der Waals surface area contributed by atoms with Gasteiger partial charge in [-0.15, -0.1) is 0 Å². The molecule has 0 bridgehead atoms. The van der Waals surface area contributed by atoms with Crippen molar-refractivity contribution in [1.29, 1.82) is 0 Å². The number of nitrogens with zero attached hydrogens (tertiary/aromatic N) is 4. The van der Waals surface area contributed by atoms with Gasteiger partial charge in [-0.2, -0.15) is 4.98 Å². The number of rotatable bonds is 4. The Morgan fingerprint density at radius 3 is 2.86 bits per heavy atom. The van der Waals surface area contributed by atoms with Crippen molar-refractivity contribution in [3.8, 4) is 0 Å². The van der Waals surface area contributed by atoms with Crippen LogP contribution in [-0.2, 0) is 16.0 Å². The van der Waals surface area contributed by atoms with Gasteiger partial charge in [-0.05, 0) is 18.8 Å². The summed E-state index contributed by atoms with van der Waals surface area (Å²) in [4.78, 5) is 32.8. The summed E-state index contributed by atoms with van der Waals surface area (Å²) in [5, 5.41) is 3.56. The summed E-state index contributed by atoms with van der Waals surface area (Å²) >= 11 is 0. The van der Waals surface area contributed by atoms with Gasteiger partial charge in [0, 0.05) is 19.5 Å². The Hall–Kier alpha value is -1.92. The molecular formula is C14H20N4O3. The molecule has 7 heteroatoms. The molecule has 2 aliphatic rings. The summed E-state index contributed by atoms with van der Waals surface area (Å²) in [7, 11) is 0. The van der Waals surface area contributed by atoms with Crippen LogP contribution in [0.15, 0.2) is 10.9 Å². The summed E-state index contributed by atoms with van der Waals surface area (Å²) in [5.74, 6) is 0.722. The smallest absolute Gasteiger partial charge is 0.246 e. The Morgan fingerprint density at radius 1 is 1.38 bits per heavy atom. The third-order valence-electron chi connectivity index (χ3n) is 4.30. The van der Waals surface area contributed by atoms with E-state index in [0.29, 0.717) is 25.4 Å². The topological polar surface area (TPSA) is 79.5 Å². The molecule has 2 aliphatic heterocycles. The van der Waals surface area contributed by atoms with E-state index in [2.05, 4.69) is 10.1 Å². The average molecular weight is 292 g/mol. The quantitative estimate of drug-likeness (QED) is 0.806. The highest BCUT2D eigenvalue weighted by Crippen LogP contribution is 2.29. The normalized spacial score (nSPS) is 25.9. The van der Waals surface area contributed by atoms with Crippen molar-refractivity contribution in [3.05, 3.63) is 12.2 Å². The van der Waals surface area contributed by atoms with Gasteiger partial charge in [-0.25, -0.2) is 0 Å². The van der Waals surface area contributed by atoms with Crippen molar-refractivity contribution in [2.75, 3.05) is 13.1 Å². The maximum Gasteiger partial charge on any atom is 0.246 e. The molecule has 2 unspecified atom stereocenters. The zero-order chi connectivity index (χ0) is 15.0. The fourth-order valence-corrected chi connectivity index (χ4v) is 3.34. The number of carbonyl (C=O) groups excluding carboxylic acids is 2.